The predicted octanol–water partition coefficient (Wildman–Crippen LogP) is 2.29. The van der Waals surface area contributed by atoms with Gasteiger partial charge in [0.2, 0.25) is 0 Å². The molecule has 0 spiro atoms. The van der Waals surface area contributed by atoms with Gasteiger partial charge in [0.05, 0.1) is 25.3 Å². The fourth-order valence-electron chi connectivity index (χ4n) is 2.58. The van der Waals surface area contributed by atoms with Gasteiger partial charge in [-0.15, -0.1) is 0 Å². The van der Waals surface area contributed by atoms with Crippen LogP contribution in [0.4, 0.5) is 4.79 Å². The fourth-order valence-corrected chi connectivity index (χ4v) is 2.58. The molecule has 0 aromatic rings. The van der Waals surface area contributed by atoms with Gasteiger partial charge in [0.25, 0.3) is 0 Å². The molecule has 0 bridgehead atoms. The Kier molecular flexibility index (Phi) is 10.6. The van der Waals surface area contributed by atoms with Crippen LogP contribution in [0.1, 0.15) is 54.4 Å². The lowest BCUT2D eigenvalue weighted by atomic mass is 10.1. The van der Waals surface area contributed by atoms with Gasteiger partial charge in [-0.2, -0.15) is 0 Å². The summed E-state index contributed by atoms with van der Waals surface area (Å²) in [7, 11) is 0. The molecular weight excluding hydrogens is 360 g/mol. The quantitative estimate of drug-likeness (QED) is 0.296. The minimum atomic E-state index is -0.521. The van der Waals surface area contributed by atoms with Crippen molar-refractivity contribution in [3.05, 3.63) is 0 Å². The third-order valence-electron chi connectivity index (χ3n) is 3.95. The van der Waals surface area contributed by atoms with Crippen LogP contribution in [0, 0.1) is 5.92 Å². The first-order valence-corrected chi connectivity index (χ1v) is 10.3. The maximum Gasteiger partial charge on any atom is 0.408 e. The fraction of sp³-hybridized carbons (Fsp3) is 0.900. The number of hydrogen-bond donors (Lipinski definition) is 3. The lowest BCUT2D eigenvalue weighted by Crippen LogP contribution is -2.49. The Morgan fingerprint density at radius 2 is 1.96 bits per heavy atom. The summed E-state index contributed by atoms with van der Waals surface area (Å²) >= 11 is 0. The van der Waals surface area contributed by atoms with E-state index in [0.717, 1.165) is 51.7 Å². The summed E-state index contributed by atoms with van der Waals surface area (Å²) < 4.78 is 16.4. The van der Waals surface area contributed by atoms with Crippen molar-refractivity contribution >= 4 is 12.1 Å². The minimum absolute atomic E-state index is 0.430. The summed E-state index contributed by atoms with van der Waals surface area (Å²) in [5.74, 6) is 1.28. The van der Waals surface area contributed by atoms with E-state index in [0.29, 0.717) is 19.1 Å². The zero-order valence-corrected chi connectivity index (χ0v) is 18.5. The summed E-state index contributed by atoms with van der Waals surface area (Å²) in [6.45, 7) is 16.5. The molecule has 0 aromatic carbocycles. The number of carbonyl (C=O) groups excluding carboxylic acids is 1. The smallest absolute Gasteiger partial charge is 0.408 e. The van der Waals surface area contributed by atoms with E-state index in [4.69, 9.17) is 14.2 Å². The van der Waals surface area contributed by atoms with Crippen molar-refractivity contribution in [2.45, 2.75) is 65.5 Å². The van der Waals surface area contributed by atoms with E-state index in [1.165, 1.54) is 0 Å². The molecular formula is C20H40N4O4. The molecule has 1 heterocycles. The maximum atomic E-state index is 12.0. The number of nitrogens with one attached hydrogen (secondary N) is 3. The molecule has 1 fully saturated rings. The Morgan fingerprint density at radius 3 is 2.57 bits per heavy atom. The number of nitrogens with zero attached hydrogens (tertiary/aromatic N) is 1. The average Bonchev–Trinajstić information content (AvgIpc) is 3.06. The van der Waals surface area contributed by atoms with E-state index >= 15 is 0 Å². The number of carbonyl (C=O) groups is 1. The van der Waals surface area contributed by atoms with Gasteiger partial charge in [0.1, 0.15) is 5.60 Å². The summed E-state index contributed by atoms with van der Waals surface area (Å²) in [5.41, 5.74) is -1.04. The normalized spacial score (nSPS) is 18.1. The van der Waals surface area contributed by atoms with Crippen LogP contribution < -0.4 is 16.0 Å². The highest BCUT2D eigenvalue weighted by Crippen LogP contribution is 2.12. The standard InChI is InChI=1S/C20H40N4O4/c1-7-21-17(22-10-8-11-26-13-16-9-12-27-14-16)23-15-20(5,6)24-18(25)28-19(2,3)4/h16H,7-15H2,1-6H3,(H,24,25)(H2,21,22,23). The van der Waals surface area contributed by atoms with Gasteiger partial charge >= 0.3 is 6.09 Å². The van der Waals surface area contributed by atoms with E-state index in [1.54, 1.807) is 0 Å². The van der Waals surface area contributed by atoms with Gasteiger partial charge in [0, 0.05) is 32.2 Å². The Bertz CT molecular complexity index is 483. The molecule has 1 unspecified atom stereocenters. The van der Waals surface area contributed by atoms with E-state index < -0.39 is 17.2 Å². The summed E-state index contributed by atoms with van der Waals surface area (Å²) in [6, 6.07) is 0. The lowest BCUT2D eigenvalue weighted by Gasteiger charge is -2.27. The monoisotopic (exact) mass is 400 g/mol. The van der Waals surface area contributed by atoms with Crippen molar-refractivity contribution in [3.8, 4) is 0 Å². The van der Waals surface area contributed by atoms with Gasteiger partial charge in [-0.1, -0.05) is 0 Å². The average molecular weight is 401 g/mol. The predicted molar refractivity (Wildman–Crippen MR) is 112 cm³/mol. The van der Waals surface area contributed by atoms with Crippen LogP contribution in [0.3, 0.4) is 0 Å². The summed E-state index contributed by atoms with van der Waals surface area (Å²) in [5, 5.41) is 9.39. The maximum absolute atomic E-state index is 12.0. The second-order valence-corrected chi connectivity index (χ2v) is 8.79. The number of alkyl carbamates (subject to hydrolysis) is 1. The molecule has 1 amide bonds. The van der Waals surface area contributed by atoms with Crippen LogP contribution in [0.2, 0.25) is 0 Å². The summed E-state index contributed by atoms with van der Waals surface area (Å²) in [6.07, 6.45) is 1.57. The highest BCUT2D eigenvalue weighted by Gasteiger charge is 2.24. The number of hydrogen-bond acceptors (Lipinski definition) is 5. The molecule has 3 N–H and O–H groups in total. The molecule has 0 aromatic heterocycles. The topological polar surface area (TPSA) is 93.2 Å². The van der Waals surface area contributed by atoms with Crippen LogP contribution >= 0.6 is 0 Å². The molecule has 0 saturated carbocycles. The molecule has 1 aliphatic rings. The molecule has 0 aliphatic carbocycles. The molecule has 164 valence electrons. The van der Waals surface area contributed by atoms with Crippen LogP contribution in [-0.4, -0.2) is 69.3 Å². The van der Waals surface area contributed by atoms with Gasteiger partial charge < -0.3 is 30.2 Å². The minimum Gasteiger partial charge on any atom is -0.444 e. The zero-order valence-electron chi connectivity index (χ0n) is 18.5. The van der Waals surface area contributed by atoms with Crippen molar-refractivity contribution < 1.29 is 19.0 Å². The summed E-state index contributed by atoms with van der Waals surface area (Å²) in [4.78, 5) is 16.6. The Labute approximate surface area is 170 Å². The number of guanidine groups is 1. The third kappa shape index (κ3) is 12.0. The molecule has 0 radical (unpaired) electrons. The van der Waals surface area contributed by atoms with E-state index in [9.17, 15) is 4.79 Å². The van der Waals surface area contributed by atoms with E-state index in [2.05, 4.69) is 20.9 Å². The number of rotatable bonds is 10. The molecule has 1 atom stereocenters. The SMILES string of the molecule is CCNC(=NCC(C)(C)NC(=O)OC(C)(C)C)NCCCOCC1CCOC1. The second kappa shape index (κ2) is 12.1. The van der Waals surface area contributed by atoms with Crippen molar-refractivity contribution in [3.63, 3.8) is 0 Å². The zero-order chi connectivity index (χ0) is 21.0. The molecule has 1 aliphatic heterocycles. The van der Waals surface area contributed by atoms with Gasteiger partial charge in [0.15, 0.2) is 5.96 Å². The molecule has 1 rings (SSSR count). The van der Waals surface area contributed by atoms with Gasteiger partial charge in [-0.25, -0.2) is 4.79 Å². The highest BCUT2D eigenvalue weighted by molar-refractivity contribution is 5.79. The third-order valence-corrected chi connectivity index (χ3v) is 3.95. The van der Waals surface area contributed by atoms with Crippen LogP contribution in [-0.2, 0) is 14.2 Å². The molecule has 28 heavy (non-hydrogen) atoms. The van der Waals surface area contributed by atoms with E-state index in [-0.39, 0.29) is 0 Å². The van der Waals surface area contributed by atoms with Crippen molar-refractivity contribution in [2.24, 2.45) is 10.9 Å². The van der Waals surface area contributed by atoms with Crippen LogP contribution in [0.5, 0.6) is 0 Å². The molecule has 1 saturated heterocycles. The van der Waals surface area contributed by atoms with Crippen molar-refractivity contribution in [1.82, 2.24) is 16.0 Å². The van der Waals surface area contributed by atoms with Crippen molar-refractivity contribution in [1.29, 1.82) is 0 Å². The number of ether oxygens (including phenoxy) is 3. The van der Waals surface area contributed by atoms with Crippen LogP contribution in [0.25, 0.3) is 0 Å². The largest absolute Gasteiger partial charge is 0.444 e. The van der Waals surface area contributed by atoms with Gasteiger partial charge in [-0.05, 0) is 54.4 Å². The Morgan fingerprint density at radius 1 is 1.21 bits per heavy atom. The molecule has 8 heteroatoms. The molecule has 8 nitrogen and oxygen atoms in total. The first-order valence-electron chi connectivity index (χ1n) is 10.3. The Hall–Kier alpha value is -1.54. The van der Waals surface area contributed by atoms with Crippen molar-refractivity contribution in [2.75, 3.05) is 46.1 Å². The first-order chi connectivity index (χ1) is 13.1. The second-order valence-electron chi connectivity index (χ2n) is 8.79. The Balaban J connectivity index is 2.31. The van der Waals surface area contributed by atoms with Crippen LogP contribution in [0.15, 0.2) is 4.99 Å². The number of amides is 1. The van der Waals surface area contributed by atoms with E-state index in [1.807, 2.05) is 41.5 Å². The first kappa shape index (κ1) is 24.5. The lowest BCUT2D eigenvalue weighted by molar-refractivity contribution is 0.0476. The number of aliphatic imine (C=N–C) groups is 1. The van der Waals surface area contributed by atoms with Gasteiger partial charge in [-0.3, -0.25) is 4.99 Å². The highest BCUT2D eigenvalue weighted by atomic mass is 16.6.